The molecule has 1 aromatic carbocycles. The quantitative estimate of drug-likeness (QED) is 0.845. The number of halogens is 2. The minimum Gasteiger partial charge on any atom is -0.482 e. The minimum absolute atomic E-state index is 0.230. The van der Waals surface area contributed by atoms with E-state index < -0.39 is 17.9 Å². The summed E-state index contributed by atoms with van der Waals surface area (Å²) < 4.78 is 5.22. The molecule has 110 valence electrons. The SMILES string of the molecule is CC(C)C(NC(=O)COc1cc(Cl)ccc1Cl)C(=O)O. The van der Waals surface area contributed by atoms with Crippen LogP contribution in [0.1, 0.15) is 13.8 Å². The number of amides is 1. The molecule has 1 amide bonds. The van der Waals surface area contributed by atoms with Gasteiger partial charge >= 0.3 is 5.97 Å². The maximum absolute atomic E-state index is 11.7. The number of carboxylic acids is 1. The number of benzene rings is 1. The molecule has 1 atom stereocenters. The van der Waals surface area contributed by atoms with Crippen LogP contribution in [0.3, 0.4) is 0 Å². The van der Waals surface area contributed by atoms with Crippen molar-refractivity contribution in [3.63, 3.8) is 0 Å². The van der Waals surface area contributed by atoms with E-state index in [0.717, 1.165) is 0 Å². The Morgan fingerprint density at radius 2 is 2.00 bits per heavy atom. The molecule has 0 radical (unpaired) electrons. The Kier molecular flexibility index (Phi) is 6.10. The second kappa shape index (κ2) is 7.36. The number of aliphatic carboxylic acids is 1. The maximum Gasteiger partial charge on any atom is 0.326 e. The van der Waals surface area contributed by atoms with E-state index in [9.17, 15) is 9.59 Å². The standard InChI is InChI=1S/C13H15Cl2NO4/c1-7(2)12(13(18)19)16-11(17)6-20-10-5-8(14)3-4-9(10)15/h3-5,7,12H,6H2,1-2H3,(H,16,17)(H,18,19). The van der Waals surface area contributed by atoms with E-state index in [2.05, 4.69) is 5.32 Å². The normalized spacial score (nSPS) is 12.1. The Morgan fingerprint density at radius 1 is 1.35 bits per heavy atom. The molecule has 1 aromatic rings. The molecule has 0 fully saturated rings. The van der Waals surface area contributed by atoms with E-state index in [1.807, 2.05) is 0 Å². The number of rotatable bonds is 6. The molecule has 7 heteroatoms. The van der Waals surface area contributed by atoms with Crippen molar-refractivity contribution in [3.8, 4) is 5.75 Å². The molecule has 1 rings (SSSR count). The third kappa shape index (κ3) is 4.90. The summed E-state index contributed by atoms with van der Waals surface area (Å²) in [6.45, 7) is 3.07. The van der Waals surface area contributed by atoms with Crippen molar-refractivity contribution in [2.24, 2.45) is 5.92 Å². The first-order chi connectivity index (χ1) is 9.31. The molecule has 5 nitrogen and oxygen atoms in total. The van der Waals surface area contributed by atoms with Crippen molar-refractivity contribution in [1.82, 2.24) is 5.32 Å². The van der Waals surface area contributed by atoms with Crippen LogP contribution in [0.4, 0.5) is 0 Å². The monoisotopic (exact) mass is 319 g/mol. The lowest BCUT2D eigenvalue weighted by molar-refractivity contribution is -0.143. The van der Waals surface area contributed by atoms with Crippen LogP contribution in [0.5, 0.6) is 5.75 Å². The van der Waals surface area contributed by atoms with E-state index in [1.165, 1.54) is 6.07 Å². The molecule has 0 aliphatic heterocycles. The zero-order valence-electron chi connectivity index (χ0n) is 11.0. The second-order valence-corrected chi connectivity index (χ2v) is 5.33. The van der Waals surface area contributed by atoms with Gasteiger partial charge in [-0.3, -0.25) is 4.79 Å². The number of hydrogen-bond acceptors (Lipinski definition) is 3. The van der Waals surface area contributed by atoms with Crippen molar-refractivity contribution in [1.29, 1.82) is 0 Å². The van der Waals surface area contributed by atoms with Gasteiger partial charge in [-0.1, -0.05) is 37.0 Å². The zero-order valence-corrected chi connectivity index (χ0v) is 12.5. The smallest absolute Gasteiger partial charge is 0.326 e. The van der Waals surface area contributed by atoms with Gasteiger partial charge in [-0.2, -0.15) is 0 Å². The molecule has 0 spiro atoms. The summed E-state index contributed by atoms with van der Waals surface area (Å²) in [5.74, 6) is -1.59. The van der Waals surface area contributed by atoms with E-state index in [1.54, 1.807) is 26.0 Å². The molecular weight excluding hydrogens is 305 g/mol. The third-order valence-corrected chi connectivity index (χ3v) is 3.05. The average Bonchev–Trinajstić information content (AvgIpc) is 2.36. The van der Waals surface area contributed by atoms with E-state index in [0.29, 0.717) is 10.0 Å². The first kappa shape index (κ1) is 16.6. The first-order valence-corrected chi connectivity index (χ1v) is 6.67. The Balaban J connectivity index is 2.59. The average molecular weight is 320 g/mol. The van der Waals surface area contributed by atoms with Crippen molar-refractivity contribution < 1.29 is 19.4 Å². The topological polar surface area (TPSA) is 75.6 Å². The highest BCUT2D eigenvalue weighted by Crippen LogP contribution is 2.27. The molecule has 0 saturated carbocycles. The highest BCUT2D eigenvalue weighted by molar-refractivity contribution is 6.34. The van der Waals surface area contributed by atoms with E-state index in [4.69, 9.17) is 33.0 Å². The van der Waals surface area contributed by atoms with Gasteiger partial charge in [0, 0.05) is 11.1 Å². The number of carbonyl (C=O) groups is 2. The van der Waals surface area contributed by atoms with Gasteiger partial charge in [-0.05, 0) is 18.1 Å². The molecule has 1 unspecified atom stereocenters. The zero-order chi connectivity index (χ0) is 15.3. The molecule has 0 aliphatic rings. The largest absolute Gasteiger partial charge is 0.482 e. The van der Waals surface area contributed by atoms with Gasteiger partial charge in [0.05, 0.1) is 5.02 Å². The van der Waals surface area contributed by atoms with Crippen molar-refractivity contribution in [2.45, 2.75) is 19.9 Å². The van der Waals surface area contributed by atoms with Crippen LogP contribution in [-0.4, -0.2) is 29.6 Å². The molecule has 0 bridgehead atoms. The summed E-state index contributed by atoms with van der Waals surface area (Å²) in [6, 6.07) is 3.66. The Labute approximate surface area is 126 Å². The van der Waals surface area contributed by atoms with Crippen LogP contribution in [0.15, 0.2) is 18.2 Å². The van der Waals surface area contributed by atoms with Crippen molar-refractivity contribution in [3.05, 3.63) is 28.2 Å². The van der Waals surface area contributed by atoms with Crippen molar-refractivity contribution in [2.75, 3.05) is 6.61 Å². The minimum atomic E-state index is -1.09. The van der Waals surface area contributed by atoms with Gasteiger partial charge in [0.1, 0.15) is 11.8 Å². The summed E-state index contributed by atoms with van der Waals surface area (Å²) >= 11 is 11.7. The van der Waals surface area contributed by atoms with E-state index >= 15 is 0 Å². The predicted octanol–water partition coefficient (Wildman–Crippen LogP) is 2.60. The van der Waals surface area contributed by atoms with Crippen LogP contribution in [0.25, 0.3) is 0 Å². The summed E-state index contributed by atoms with van der Waals surface area (Å²) in [5.41, 5.74) is 0. The van der Waals surface area contributed by atoms with Gasteiger partial charge in [-0.15, -0.1) is 0 Å². The van der Waals surface area contributed by atoms with E-state index in [-0.39, 0.29) is 18.3 Å². The maximum atomic E-state index is 11.7. The lowest BCUT2D eigenvalue weighted by Gasteiger charge is -2.18. The lowest BCUT2D eigenvalue weighted by Crippen LogP contribution is -2.46. The van der Waals surface area contributed by atoms with Gasteiger partial charge in [0.15, 0.2) is 6.61 Å². The second-order valence-electron chi connectivity index (χ2n) is 4.49. The van der Waals surface area contributed by atoms with Gasteiger partial charge in [0.25, 0.3) is 5.91 Å². The Bertz CT molecular complexity index is 505. The Morgan fingerprint density at radius 3 is 2.55 bits per heavy atom. The summed E-state index contributed by atoms with van der Waals surface area (Å²) in [6.07, 6.45) is 0. The van der Waals surface area contributed by atoms with Crippen LogP contribution in [-0.2, 0) is 9.59 Å². The summed E-state index contributed by atoms with van der Waals surface area (Å²) in [4.78, 5) is 22.6. The fourth-order valence-corrected chi connectivity index (χ4v) is 1.79. The molecule has 2 N–H and O–H groups in total. The van der Waals surface area contributed by atoms with Gasteiger partial charge in [-0.25, -0.2) is 4.79 Å². The number of carboxylic acid groups (broad SMARTS) is 1. The van der Waals surface area contributed by atoms with Gasteiger partial charge < -0.3 is 15.2 Å². The summed E-state index contributed by atoms with van der Waals surface area (Å²) in [7, 11) is 0. The molecule has 0 saturated heterocycles. The highest BCUT2D eigenvalue weighted by Gasteiger charge is 2.23. The highest BCUT2D eigenvalue weighted by atomic mass is 35.5. The molecule has 0 aliphatic carbocycles. The number of hydrogen-bond donors (Lipinski definition) is 2. The third-order valence-electron chi connectivity index (χ3n) is 2.50. The fourth-order valence-electron chi connectivity index (χ4n) is 1.46. The number of carbonyl (C=O) groups excluding carboxylic acids is 1. The molecule has 20 heavy (non-hydrogen) atoms. The van der Waals surface area contributed by atoms with Crippen molar-refractivity contribution >= 4 is 35.1 Å². The number of ether oxygens (including phenoxy) is 1. The van der Waals surface area contributed by atoms with Crippen LogP contribution < -0.4 is 10.1 Å². The summed E-state index contributed by atoms with van der Waals surface area (Å²) in [5, 5.41) is 12.1. The Hall–Kier alpha value is -1.46. The lowest BCUT2D eigenvalue weighted by atomic mass is 10.1. The van der Waals surface area contributed by atoms with Gasteiger partial charge in [0.2, 0.25) is 0 Å². The first-order valence-electron chi connectivity index (χ1n) is 5.91. The molecular formula is C13H15Cl2NO4. The predicted molar refractivity (Wildman–Crippen MR) is 76.4 cm³/mol. The molecule has 0 aromatic heterocycles. The van der Waals surface area contributed by atoms with Crippen LogP contribution in [0, 0.1) is 5.92 Å². The number of nitrogens with one attached hydrogen (secondary N) is 1. The molecule has 0 heterocycles. The van der Waals surface area contributed by atoms with Crippen LogP contribution >= 0.6 is 23.2 Å². The fraction of sp³-hybridized carbons (Fsp3) is 0.385. The van der Waals surface area contributed by atoms with Crippen LogP contribution in [0.2, 0.25) is 10.0 Å².